The molecule has 2 aliphatic carbocycles. The molecule has 0 radical (unpaired) electrons. The van der Waals surface area contributed by atoms with Crippen molar-refractivity contribution in [3.05, 3.63) is 36.1 Å². The van der Waals surface area contributed by atoms with Crippen molar-refractivity contribution in [2.45, 2.75) is 124 Å². The fourth-order valence-electron chi connectivity index (χ4n) is 5.39. The van der Waals surface area contributed by atoms with E-state index in [4.69, 9.17) is 10.5 Å². The molecule has 0 aromatic carbocycles. The largest absolute Gasteiger partial charge is 0.487 e. The van der Waals surface area contributed by atoms with Crippen LogP contribution in [0.1, 0.15) is 113 Å². The topological polar surface area (TPSA) is 35.2 Å². The van der Waals surface area contributed by atoms with E-state index >= 15 is 0 Å². The summed E-state index contributed by atoms with van der Waals surface area (Å²) in [5, 5.41) is 0. The third-order valence-corrected chi connectivity index (χ3v) is 8.67. The maximum atomic E-state index is 7.37. The summed E-state index contributed by atoms with van der Waals surface area (Å²) >= 11 is 0. The van der Waals surface area contributed by atoms with Gasteiger partial charge in [-0.05, 0) is 68.1 Å². The number of ether oxygens (including phenoxy) is 1. The standard InChI is InChI=1S/C28H49NO/c1-9-25(5,6)21-28(29,26(7,8)10-2)24-17-15-16-23(20-24)22(4)30-27(11-3)18-13-12-14-19-27/h15-16,20,24H,4,9-14,17-19,21,29H2,1-3,5-8H3/t24-,28?/m1/s1. The van der Waals surface area contributed by atoms with Gasteiger partial charge in [0.05, 0.1) is 0 Å². The normalized spacial score (nSPS) is 24.1. The summed E-state index contributed by atoms with van der Waals surface area (Å²) in [5.41, 5.74) is 8.48. The molecule has 0 heterocycles. The van der Waals surface area contributed by atoms with Gasteiger partial charge in [0.1, 0.15) is 11.4 Å². The lowest BCUT2D eigenvalue weighted by Crippen LogP contribution is -2.59. The van der Waals surface area contributed by atoms with Gasteiger partial charge in [-0.25, -0.2) is 0 Å². The second kappa shape index (κ2) is 9.63. The van der Waals surface area contributed by atoms with E-state index in [9.17, 15) is 0 Å². The van der Waals surface area contributed by atoms with E-state index in [1.54, 1.807) is 0 Å². The van der Waals surface area contributed by atoms with E-state index < -0.39 is 0 Å². The predicted octanol–water partition coefficient (Wildman–Crippen LogP) is 8.09. The molecule has 2 N–H and O–H groups in total. The quantitative estimate of drug-likeness (QED) is 0.366. The summed E-state index contributed by atoms with van der Waals surface area (Å²) in [5.74, 6) is 1.13. The summed E-state index contributed by atoms with van der Waals surface area (Å²) in [6, 6.07) is 0. The highest BCUT2D eigenvalue weighted by molar-refractivity contribution is 5.39. The lowest BCUT2D eigenvalue weighted by atomic mass is 9.57. The minimum atomic E-state index is -0.273. The smallest absolute Gasteiger partial charge is 0.119 e. The van der Waals surface area contributed by atoms with Gasteiger partial charge in [-0.2, -0.15) is 0 Å². The van der Waals surface area contributed by atoms with Crippen LogP contribution in [0, 0.1) is 16.7 Å². The average molecular weight is 416 g/mol. The number of hydrogen-bond donors (Lipinski definition) is 1. The predicted molar refractivity (Wildman–Crippen MR) is 131 cm³/mol. The minimum absolute atomic E-state index is 0.0242. The van der Waals surface area contributed by atoms with Gasteiger partial charge in [0.15, 0.2) is 0 Å². The van der Waals surface area contributed by atoms with Gasteiger partial charge in [-0.1, -0.05) is 86.1 Å². The zero-order valence-electron chi connectivity index (χ0n) is 21.1. The highest BCUT2D eigenvalue weighted by Crippen LogP contribution is 2.49. The van der Waals surface area contributed by atoms with E-state index in [0.29, 0.717) is 5.92 Å². The lowest BCUT2D eigenvalue weighted by molar-refractivity contribution is -0.0272. The van der Waals surface area contributed by atoms with Crippen molar-refractivity contribution in [3.63, 3.8) is 0 Å². The van der Waals surface area contributed by atoms with Crippen LogP contribution >= 0.6 is 0 Å². The molecule has 2 heteroatoms. The Morgan fingerprint density at radius 2 is 1.73 bits per heavy atom. The molecule has 30 heavy (non-hydrogen) atoms. The third-order valence-electron chi connectivity index (χ3n) is 8.67. The third kappa shape index (κ3) is 5.42. The molecule has 0 saturated heterocycles. The maximum absolute atomic E-state index is 7.37. The van der Waals surface area contributed by atoms with E-state index in [0.717, 1.165) is 56.3 Å². The van der Waals surface area contributed by atoms with Gasteiger partial charge < -0.3 is 10.5 Å². The Kier molecular flexibility index (Phi) is 8.11. The first-order chi connectivity index (χ1) is 13.9. The first-order valence-corrected chi connectivity index (χ1v) is 12.5. The van der Waals surface area contributed by atoms with Crippen LogP contribution in [0.25, 0.3) is 0 Å². The minimum Gasteiger partial charge on any atom is -0.487 e. The highest BCUT2D eigenvalue weighted by atomic mass is 16.5. The molecule has 0 spiro atoms. The van der Waals surface area contributed by atoms with Crippen LogP contribution in [-0.4, -0.2) is 11.1 Å². The monoisotopic (exact) mass is 415 g/mol. The number of nitrogens with two attached hydrogens (primary N) is 1. The van der Waals surface area contributed by atoms with Crippen molar-refractivity contribution >= 4 is 0 Å². The van der Waals surface area contributed by atoms with E-state index in [1.807, 2.05) is 0 Å². The van der Waals surface area contributed by atoms with Crippen LogP contribution in [-0.2, 0) is 4.74 Å². The molecule has 0 aliphatic heterocycles. The molecule has 0 amide bonds. The van der Waals surface area contributed by atoms with Crippen LogP contribution in [0.5, 0.6) is 0 Å². The molecular weight excluding hydrogens is 366 g/mol. The van der Waals surface area contributed by atoms with E-state index in [-0.39, 0.29) is 22.0 Å². The van der Waals surface area contributed by atoms with Gasteiger partial charge >= 0.3 is 0 Å². The summed E-state index contributed by atoms with van der Waals surface area (Å²) in [4.78, 5) is 0. The highest BCUT2D eigenvalue weighted by Gasteiger charge is 2.48. The number of hydrogen-bond acceptors (Lipinski definition) is 2. The number of allylic oxidation sites excluding steroid dienone is 2. The van der Waals surface area contributed by atoms with Crippen LogP contribution in [0.15, 0.2) is 36.1 Å². The molecule has 0 aromatic rings. The summed E-state index contributed by atoms with van der Waals surface area (Å²) < 4.78 is 6.61. The molecular formula is C28H49NO. The van der Waals surface area contributed by atoms with Crippen LogP contribution < -0.4 is 5.73 Å². The number of rotatable bonds is 10. The van der Waals surface area contributed by atoms with Gasteiger partial charge in [0.2, 0.25) is 0 Å². The fraction of sp³-hybridized carbons (Fsp3) is 0.786. The van der Waals surface area contributed by atoms with Crippen molar-refractivity contribution in [1.29, 1.82) is 0 Å². The van der Waals surface area contributed by atoms with Crippen molar-refractivity contribution in [3.8, 4) is 0 Å². The SMILES string of the molecule is C=C(OC1(CC)CCCCC1)C1=C[C@H](C(N)(CC(C)(C)CC)C(C)(C)CC)CC=C1. The molecule has 2 atom stereocenters. The lowest BCUT2D eigenvalue weighted by Gasteiger charge is -2.52. The van der Waals surface area contributed by atoms with Crippen molar-refractivity contribution < 1.29 is 4.74 Å². The maximum Gasteiger partial charge on any atom is 0.119 e. The van der Waals surface area contributed by atoms with Gasteiger partial charge in [0.25, 0.3) is 0 Å². The molecule has 2 nitrogen and oxygen atoms in total. The fourth-order valence-corrected chi connectivity index (χ4v) is 5.39. The molecule has 1 saturated carbocycles. The second-order valence-electron chi connectivity index (χ2n) is 11.5. The Labute approximate surface area is 187 Å². The van der Waals surface area contributed by atoms with Crippen LogP contribution in [0.4, 0.5) is 0 Å². The molecule has 1 fully saturated rings. The molecule has 0 aromatic heterocycles. The van der Waals surface area contributed by atoms with Crippen LogP contribution in [0.3, 0.4) is 0 Å². The first kappa shape index (κ1) is 25.2. The molecule has 0 bridgehead atoms. The van der Waals surface area contributed by atoms with Gasteiger partial charge in [0, 0.05) is 11.1 Å². The van der Waals surface area contributed by atoms with E-state index in [2.05, 4.69) is 73.3 Å². The summed E-state index contributed by atoms with van der Waals surface area (Å²) in [7, 11) is 0. The summed E-state index contributed by atoms with van der Waals surface area (Å²) in [6.07, 6.45) is 18.3. The Bertz CT molecular complexity index is 648. The summed E-state index contributed by atoms with van der Waals surface area (Å²) in [6.45, 7) is 20.6. The van der Waals surface area contributed by atoms with Gasteiger partial charge in [-0.15, -0.1) is 0 Å². The Balaban J connectivity index is 2.31. The molecule has 2 aliphatic rings. The molecule has 172 valence electrons. The van der Waals surface area contributed by atoms with Crippen molar-refractivity contribution in [1.82, 2.24) is 0 Å². The van der Waals surface area contributed by atoms with Crippen molar-refractivity contribution in [2.75, 3.05) is 0 Å². The Morgan fingerprint density at radius 1 is 1.10 bits per heavy atom. The zero-order valence-corrected chi connectivity index (χ0v) is 21.1. The Morgan fingerprint density at radius 3 is 2.27 bits per heavy atom. The van der Waals surface area contributed by atoms with Crippen molar-refractivity contribution in [2.24, 2.45) is 22.5 Å². The van der Waals surface area contributed by atoms with Gasteiger partial charge in [-0.3, -0.25) is 0 Å². The molecule has 2 rings (SSSR count). The first-order valence-electron chi connectivity index (χ1n) is 12.5. The Hall–Kier alpha value is -1.02. The van der Waals surface area contributed by atoms with Crippen LogP contribution in [0.2, 0.25) is 0 Å². The van der Waals surface area contributed by atoms with E-state index in [1.165, 1.54) is 19.3 Å². The average Bonchev–Trinajstić information content (AvgIpc) is 2.74. The molecule has 1 unspecified atom stereocenters. The second-order valence-corrected chi connectivity index (χ2v) is 11.5. The zero-order chi connectivity index (χ0) is 22.6.